The van der Waals surface area contributed by atoms with Gasteiger partial charge in [0.25, 0.3) is 0 Å². The van der Waals surface area contributed by atoms with E-state index in [0.29, 0.717) is 29.4 Å². The summed E-state index contributed by atoms with van der Waals surface area (Å²) >= 11 is 0. The van der Waals surface area contributed by atoms with Gasteiger partial charge in [-0.15, -0.1) is 0 Å². The minimum absolute atomic E-state index is 0.0772. The van der Waals surface area contributed by atoms with Crippen LogP contribution in [0.5, 0.6) is 11.5 Å². The first-order chi connectivity index (χ1) is 16.2. The van der Waals surface area contributed by atoms with Gasteiger partial charge in [0.2, 0.25) is 5.91 Å². The van der Waals surface area contributed by atoms with Crippen LogP contribution >= 0.6 is 0 Å². The molecule has 5 rings (SSSR count). The molecule has 0 bridgehead atoms. The molecule has 6 nitrogen and oxygen atoms in total. The van der Waals surface area contributed by atoms with Gasteiger partial charge in [0, 0.05) is 18.0 Å². The Kier molecular flexibility index (Phi) is 5.57. The van der Waals surface area contributed by atoms with Crippen molar-refractivity contribution in [1.82, 2.24) is 0 Å². The smallest absolute Gasteiger partial charge is 0.336 e. The van der Waals surface area contributed by atoms with Gasteiger partial charge in [0.15, 0.2) is 11.5 Å². The molecule has 0 spiro atoms. The Bertz CT molecular complexity index is 1220. The minimum Gasteiger partial charge on any atom is -0.493 e. The standard InChI is InChI=1S/C27H23NO5/c1-31-24-14-19(12-13-23(24)32-16-18-8-4-2-5-9-18)21-15-25(29)28(20-10-6-3-7-11-20)22-17-33-27(30)26(21)22/h2-14,21H,15-17H2,1H3. The highest BCUT2D eigenvalue weighted by Gasteiger charge is 2.43. The molecule has 3 aromatic carbocycles. The topological polar surface area (TPSA) is 65.1 Å². The molecule has 3 aromatic rings. The molecule has 0 fully saturated rings. The summed E-state index contributed by atoms with van der Waals surface area (Å²) < 4.78 is 16.9. The molecule has 0 N–H and O–H groups in total. The summed E-state index contributed by atoms with van der Waals surface area (Å²) in [5.41, 5.74) is 3.72. The highest BCUT2D eigenvalue weighted by molar-refractivity contribution is 6.06. The molecular formula is C27H23NO5. The van der Waals surface area contributed by atoms with Crippen LogP contribution < -0.4 is 14.4 Å². The highest BCUT2D eigenvalue weighted by atomic mass is 16.5. The monoisotopic (exact) mass is 441 g/mol. The van der Waals surface area contributed by atoms with Crippen molar-refractivity contribution >= 4 is 17.6 Å². The fraction of sp³-hybridized carbons (Fsp3) is 0.185. The van der Waals surface area contributed by atoms with Crippen LogP contribution in [0.15, 0.2) is 90.1 Å². The predicted molar refractivity (Wildman–Crippen MR) is 123 cm³/mol. The van der Waals surface area contributed by atoms with Gasteiger partial charge in [-0.05, 0) is 35.4 Å². The van der Waals surface area contributed by atoms with Crippen molar-refractivity contribution in [1.29, 1.82) is 0 Å². The molecule has 2 aliphatic rings. The summed E-state index contributed by atoms with van der Waals surface area (Å²) in [6.07, 6.45) is 0.163. The van der Waals surface area contributed by atoms with Gasteiger partial charge in [-0.1, -0.05) is 54.6 Å². The molecular weight excluding hydrogens is 418 g/mol. The van der Waals surface area contributed by atoms with Crippen LogP contribution in [0.3, 0.4) is 0 Å². The highest BCUT2D eigenvalue weighted by Crippen LogP contribution is 2.43. The van der Waals surface area contributed by atoms with E-state index < -0.39 is 5.92 Å². The first kappa shape index (κ1) is 20.8. The van der Waals surface area contributed by atoms with E-state index in [0.717, 1.165) is 16.8 Å². The molecule has 0 radical (unpaired) electrons. The quantitative estimate of drug-likeness (QED) is 0.523. The Balaban J connectivity index is 1.47. The molecule has 2 heterocycles. The second-order valence-electron chi connectivity index (χ2n) is 7.94. The average Bonchev–Trinajstić information content (AvgIpc) is 3.24. The fourth-order valence-electron chi connectivity index (χ4n) is 4.37. The van der Waals surface area contributed by atoms with E-state index in [4.69, 9.17) is 14.2 Å². The van der Waals surface area contributed by atoms with Crippen LogP contribution in [-0.2, 0) is 20.9 Å². The molecule has 0 aliphatic carbocycles. The summed E-state index contributed by atoms with van der Waals surface area (Å²) in [4.78, 5) is 27.5. The van der Waals surface area contributed by atoms with E-state index in [-0.39, 0.29) is 24.9 Å². The van der Waals surface area contributed by atoms with Crippen LogP contribution in [0.4, 0.5) is 5.69 Å². The number of carbonyl (C=O) groups is 2. The summed E-state index contributed by atoms with van der Waals surface area (Å²) in [7, 11) is 1.58. The molecule has 6 heteroatoms. The first-order valence-corrected chi connectivity index (χ1v) is 10.8. The normalized spacial score (nSPS) is 17.6. The van der Waals surface area contributed by atoms with E-state index in [1.165, 1.54) is 0 Å². The third-order valence-electron chi connectivity index (χ3n) is 5.96. The zero-order chi connectivity index (χ0) is 22.8. The molecule has 0 saturated carbocycles. The number of carbonyl (C=O) groups excluding carboxylic acids is 2. The van der Waals surface area contributed by atoms with E-state index in [1.54, 1.807) is 12.0 Å². The lowest BCUT2D eigenvalue weighted by atomic mass is 9.84. The number of hydrogen-bond donors (Lipinski definition) is 0. The number of methoxy groups -OCH3 is 1. The van der Waals surface area contributed by atoms with E-state index in [9.17, 15) is 9.59 Å². The Morgan fingerprint density at radius 3 is 2.39 bits per heavy atom. The minimum atomic E-state index is -0.403. The third-order valence-corrected chi connectivity index (χ3v) is 5.96. The molecule has 1 unspecified atom stereocenters. The number of hydrogen-bond acceptors (Lipinski definition) is 5. The lowest BCUT2D eigenvalue weighted by Crippen LogP contribution is -2.37. The van der Waals surface area contributed by atoms with Crippen molar-refractivity contribution < 1.29 is 23.8 Å². The van der Waals surface area contributed by atoms with Crippen LogP contribution in [0.25, 0.3) is 0 Å². The number of benzene rings is 3. The van der Waals surface area contributed by atoms with Gasteiger partial charge in [-0.3, -0.25) is 9.69 Å². The van der Waals surface area contributed by atoms with Crippen molar-refractivity contribution in [3.05, 3.63) is 101 Å². The Labute approximate surface area is 192 Å². The predicted octanol–water partition coefficient (Wildman–Crippen LogP) is 4.61. The van der Waals surface area contributed by atoms with Gasteiger partial charge in [-0.2, -0.15) is 0 Å². The van der Waals surface area contributed by atoms with Gasteiger partial charge >= 0.3 is 5.97 Å². The zero-order valence-electron chi connectivity index (χ0n) is 18.2. The Morgan fingerprint density at radius 1 is 0.939 bits per heavy atom. The second-order valence-corrected chi connectivity index (χ2v) is 7.94. The molecule has 2 aliphatic heterocycles. The van der Waals surface area contributed by atoms with Crippen molar-refractivity contribution in [3.8, 4) is 11.5 Å². The second kappa shape index (κ2) is 8.82. The van der Waals surface area contributed by atoms with Gasteiger partial charge < -0.3 is 14.2 Å². The van der Waals surface area contributed by atoms with Crippen LogP contribution in [0, 0.1) is 0 Å². The van der Waals surface area contributed by atoms with Crippen molar-refractivity contribution in [2.45, 2.75) is 18.9 Å². The summed E-state index contributed by atoms with van der Waals surface area (Å²) in [6.45, 7) is 0.493. The number of rotatable bonds is 6. The van der Waals surface area contributed by atoms with Crippen molar-refractivity contribution in [3.63, 3.8) is 0 Å². The Morgan fingerprint density at radius 2 is 1.67 bits per heavy atom. The lowest BCUT2D eigenvalue weighted by Gasteiger charge is -2.32. The fourth-order valence-corrected chi connectivity index (χ4v) is 4.37. The Hall–Kier alpha value is -4.06. The number of para-hydroxylation sites is 1. The largest absolute Gasteiger partial charge is 0.493 e. The molecule has 1 atom stereocenters. The van der Waals surface area contributed by atoms with E-state index >= 15 is 0 Å². The molecule has 0 aromatic heterocycles. The molecule has 0 saturated heterocycles. The molecule has 1 amide bonds. The van der Waals surface area contributed by atoms with E-state index in [1.807, 2.05) is 78.9 Å². The van der Waals surface area contributed by atoms with Crippen molar-refractivity contribution in [2.24, 2.45) is 0 Å². The van der Waals surface area contributed by atoms with E-state index in [2.05, 4.69) is 0 Å². The maximum absolute atomic E-state index is 13.2. The first-order valence-electron chi connectivity index (χ1n) is 10.8. The maximum atomic E-state index is 13.2. The SMILES string of the molecule is COc1cc(C2CC(=O)N(c3ccccc3)C3=C2C(=O)OC3)ccc1OCc1ccccc1. The summed E-state index contributed by atoms with van der Waals surface area (Å²) in [5.74, 6) is 0.286. The van der Waals surface area contributed by atoms with Gasteiger partial charge in [-0.25, -0.2) is 4.79 Å². The lowest BCUT2D eigenvalue weighted by molar-refractivity contribution is -0.136. The number of nitrogens with zero attached hydrogens (tertiary/aromatic N) is 1. The average molecular weight is 441 g/mol. The number of esters is 1. The number of anilines is 1. The van der Waals surface area contributed by atoms with Crippen LogP contribution in [0.1, 0.15) is 23.5 Å². The van der Waals surface area contributed by atoms with Crippen LogP contribution in [0.2, 0.25) is 0 Å². The molecule has 166 valence electrons. The van der Waals surface area contributed by atoms with Crippen molar-refractivity contribution in [2.75, 3.05) is 18.6 Å². The zero-order valence-corrected chi connectivity index (χ0v) is 18.2. The number of ether oxygens (including phenoxy) is 3. The summed E-state index contributed by atoms with van der Waals surface area (Å²) in [6, 6.07) is 24.7. The molecule has 33 heavy (non-hydrogen) atoms. The third kappa shape index (κ3) is 3.96. The summed E-state index contributed by atoms with van der Waals surface area (Å²) in [5, 5.41) is 0. The van der Waals surface area contributed by atoms with Crippen LogP contribution in [-0.4, -0.2) is 25.6 Å². The van der Waals surface area contributed by atoms with Gasteiger partial charge in [0.1, 0.15) is 13.2 Å². The number of cyclic esters (lactones) is 1. The van der Waals surface area contributed by atoms with Gasteiger partial charge in [0.05, 0.1) is 18.4 Å². The maximum Gasteiger partial charge on any atom is 0.336 e. The number of amides is 1.